The summed E-state index contributed by atoms with van der Waals surface area (Å²) in [5.41, 5.74) is 0.461. The highest BCUT2D eigenvalue weighted by Gasteiger charge is 2.15. The number of aromatic amines is 1. The Balaban J connectivity index is 2.05. The van der Waals surface area contributed by atoms with E-state index in [0.717, 1.165) is 5.03 Å². The fourth-order valence-corrected chi connectivity index (χ4v) is 2.00. The van der Waals surface area contributed by atoms with Crippen molar-refractivity contribution in [1.82, 2.24) is 15.4 Å². The molecule has 17 heavy (non-hydrogen) atoms. The lowest BCUT2D eigenvalue weighted by Crippen LogP contribution is -2.00. The van der Waals surface area contributed by atoms with Crippen LogP contribution in [-0.4, -0.2) is 28.5 Å². The number of rotatable bonds is 4. The van der Waals surface area contributed by atoms with Gasteiger partial charge >= 0.3 is 5.97 Å². The van der Waals surface area contributed by atoms with E-state index in [1.165, 1.54) is 18.9 Å². The van der Waals surface area contributed by atoms with Gasteiger partial charge in [0.25, 0.3) is 0 Å². The molecular weight excluding hydrogens is 242 g/mol. The Bertz CT molecular complexity index is 507. The van der Waals surface area contributed by atoms with E-state index < -0.39 is 0 Å². The highest BCUT2D eigenvalue weighted by Crippen LogP contribution is 2.23. The van der Waals surface area contributed by atoms with Gasteiger partial charge in [-0.25, -0.2) is 4.79 Å². The lowest BCUT2D eigenvalue weighted by molar-refractivity contribution is 0.0599. The summed E-state index contributed by atoms with van der Waals surface area (Å²) < 4.78 is 10.1. The summed E-state index contributed by atoms with van der Waals surface area (Å²) in [6.45, 7) is 1.73. The molecule has 0 fully saturated rings. The van der Waals surface area contributed by atoms with E-state index in [2.05, 4.69) is 20.1 Å². The van der Waals surface area contributed by atoms with E-state index in [1.807, 2.05) is 0 Å². The summed E-state index contributed by atoms with van der Waals surface area (Å²) in [5, 5.41) is 10.9. The van der Waals surface area contributed by atoms with Crippen LogP contribution < -0.4 is 0 Å². The van der Waals surface area contributed by atoms with Crippen LogP contribution in [-0.2, 0) is 10.5 Å². The van der Waals surface area contributed by atoms with Gasteiger partial charge in [0.1, 0.15) is 22.1 Å². The maximum atomic E-state index is 11.4. The number of carbonyl (C=O) groups is 1. The van der Waals surface area contributed by atoms with Crippen LogP contribution in [0.1, 0.15) is 21.9 Å². The van der Waals surface area contributed by atoms with Crippen molar-refractivity contribution in [3.8, 4) is 0 Å². The first-order valence-corrected chi connectivity index (χ1v) is 5.85. The van der Waals surface area contributed by atoms with Gasteiger partial charge in [-0.2, -0.15) is 10.3 Å². The number of carbonyl (C=O) groups excluding carboxylic acids is 1. The Morgan fingerprint density at radius 3 is 3.12 bits per heavy atom. The maximum Gasteiger partial charge on any atom is 0.341 e. The van der Waals surface area contributed by atoms with Gasteiger partial charge in [-0.1, -0.05) is 11.8 Å². The van der Waals surface area contributed by atoms with E-state index >= 15 is 0 Å². The van der Waals surface area contributed by atoms with Crippen LogP contribution >= 0.6 is 11.8 Å². The highest BCUT2D eigenvalue weighted by atomic mass is 32.2. The summed E-state index contributed by atoms with van der Waals surface area (Å²) >= 11 is 1.47. The van der Waals surface area contributed by atoms with Gasteiger partial charge in [-0.15, -0.1) is 5.10 Å². The van der Waals surface area contributed by atoms with Crippen molar-refractivity contribution >= 4 is 17.7 Å². The number of aromatic nitrogens is 3. The molecule has 1 N–H and O–H groups in total. The molecule has 0 radical (unpaired) electrons. The number of ether oxygens (including phenoxy) is 1. The highest BCUT2D eigenvalue weighted by molar-refractivity contribution is 7.98. The minimum atomic E-state index is -0.385. The van der Waals surface area contributed by atoms with Crippen LogP contribution in [0.5, 0.6) is 0 Å². The molecule has 0 aliphatic heterocycles. The number of nitrogens with zero attached hydrogens (tertiary/aromatic N) is 2. The molecule has 0 spiro atoms. The van der Waals surface area contributed by atoms with Crippen molar-refractivity contribution in [3.63, 3.8) is 0 Å². The summed E-state index contributed by atoms with van der Waals surface area (Å²) in [6, 6.07) is 1.69. The topological polar surface area (TPSA) is 81.0 Å². The molecule has 2 aromatic heterocycles. The number of aryl methyl sites for hydroxylation is 1. The SMILES string of the molecule is COC(=O)c1cc(CSc2cn[nH]n2)oc1C. The number of methoxy groups -OCH3 is 1. The van der Waals surface area contributed by atoms with Crippen LogP contribution in [0.15, 0.2) is 21.7 Å². The number of hydrogen-bond donors (Lipinski definition) is 1. The molecule has 0 atom stereocenters. The zero-order valence-electron chi connectivity index (χ0n) is 9.39. The van der Waals surface area contributed by atoms with Crippen LogP contribution in [0, 0.1) is 6.92 Å². The summed E-state index contributed by atoms with van der Waals surface area (Å²) in [5.74, 6) is 1.47. The van der Waals surface area contributed by atoms with Gasteiger partial charge in [0.05, 0.1) is 19.1 Å². The van der Waals surface area contributed by atoms with Crippen LogP contribution in [0.25, 0.3) is 0 Å². The third-order valence-electron chi connectivity index (χ3n) is 2.13. The minimum Gasteiger partial charge on any atom is -0.465 e. The van der Waals surface area contributed by atoms with Gasteiger partial charge in [0.2, 0.25) is 0 Å². The number of esters is 1. The molecule has 90 valence electrons. The smallest absolute Gasteiger partial charge is 0.341 e. The first kappa shape index (κ1) is 11.7. The molecule has 0 aromatic carbocycles. The molecule has 2 aromatic rings. The molecule has 6 nitrogen and oxygen atoms in total. The molecule has 0 saturated carbocycles. The molecule has 0 bridgehead atoms. The molecule has 0 aliphatic carbocycles. The molecule has 0 aliphatic rings. The second kappa shape index (κ2) is 5.05. The molecular formula is C10H11N3O3S. The fourth-order valence-electron chi connectivity index (χ4n) is 1.33. The van der Waals surface area contributed by atoms with Crippen molar-refractivity contribution in [2.24, 2.45) is 0 Å². The van der Waals surface area contributed by atoms with Gasteiger partial charge in [-0.3, -0.25) is 0 Å². The van der Waals surface area contributed by atoms with Crippen molar-refractivity contribution in [2.75, 3.05) is 7.11 Å². The number of H-pyrrole nitrogens is 1. The van der Waals surface area contributed by atoms with E-state index in [0.29, 0.717) is 22.8 Å². The standard InChI is InChI=1S/C10H11N3O3S/c1-6-8(10(14)15-2)3-7(16-6)5-17-9-4-11-13-12-9/h3-4H,5H2,1-2H3,(H,11,12,13). The molecule has 2 heterocycles. The number of furan rings is 1. The third kappa shape index (κ3) is 2.68. The van der Waals surface area contributed by atoms with E-state index in [-0.39, 0.29) is 5.97 Å². The van der Waals surface area contributed by atoms with Crippen molar-refractivity contribution in [2.45, 2.75) is 17.7 Å². The Kier molecular flexibility index (Phi) is 3.48. The van der Waals surface area contributed by atoms with E-state index in [4.69, 9.17) is 4.42 Å². The number of hydrogen-bond acceptors (Lipinski definition) is 6. The van der Waals surface area contributed by atoms with Gasteiger partial charge in [0, 0.05) is 0 Å². The maximum absolute atomic E-state index is 11.4. The van der Waals surface area contributed by atoms with Crippen molar-refractivity contribution in [3.05, 3.63) is 29.3 Å². The van der Waals surface area contributed by atoms with Crippen molar-refractivity contribution in [1.29, 1.82) is 0 Å². The minimum absolute atomic E-state index is 0.385. The lowest BCUT2D eigenvalue weighted by Gasteiger charge is -1.93. The largest absolute Gasteiger partial charge is 0.465 e. The molecule has 0 amide bonds. The molecule has 2 rings (SSSR count). The average Bonchev–Trinajstić information content (AvgIpc) is 2.94. The normalized spacial score (nSPS) is 10.5. The van der Waals surface area contributed by atoms with E-state index in [1.54, 1.807) is 19.2 Å². The Labute approximate surface area is 102 Å². The summed E-state index contributed by atoms with van der Waals surface area (Å²) in [7, 11) is 1.35. The quantitative estimate of drug-likeness (QED) is 0.660. The zero-order chi connectivity index (χ0) is 12.3. The summed E-state index contributed by atoms with van der Waals surface area (Å²) in [4.78, 5) is 11.4. The Morgan fingerprint density at radius 1 is 1.65 bits per heavy atom. The zero-order valence-corrected chi connectivity index (χ0v) is 10.2. The first-order chi connectivity index (χ1) is 8.20. The summed E-state index contributed by atoms with van der Waals surface area (Å²) in [6.07, 6.45) is 1.63. The number of nitrogens with one attached hydrogen (secondary N) is 1. The molecule has 7 heteroatoms. The molecule has 0 unspecified atom stereocenters. The van der Waals surface area contributed by atoms with Crippen molar-refractivity contribution < 1.29 is 13.9 Å². The monoisotopic (exact) mass is 253 g/mol. The molecule has 0 saturated heterocycles. The second-order valence-electron chi connectivity index (χ2n) is 3.27. The van der Waals surface area contributed by atoms with Crippen LogP contribution in [0.4, 0.5) is 0 Å². The average molecular weight is 253 g/mol. The number of thioether (sulfide) groups is 1. The predicted octanol–water partition coefficient (Wildman–Crippen LogP) is 1.79. The van der Waals surface area contributed by atoms with Gasteiger partial charge in [-0.05, 0) is 13.0 Å². The van der Waals surface area contributed by atoms with Crippen LogP contribution in [0.3, 0.4) is 0 Å². The second-order valence-corrected chi connectivity index (χ2v) is 4.27. The van der Waals surface area contributed by atoms with Gasteiger partial charge in [0.15, 0.2) is 0 Å². The lowest BCUT2D eigenvalue weighted by atomic mass is 10.2. The van der Waals surface area contributed by atoms with Crippen LogP contribution in [0.2, 0.25) is 0 Å². The predicted molar refractivity (Wildman–Crippen MR) is 60.7 cm³/mol. The Morgan fingerprint density at radius 2 is 2.47 bits per heavy atom. The van der Waals surface area contributed by atoms with E-state index in [9.17, 15) is 4.79 Å². The Hall–Kier alpha value is -1.76. The fraction of sp³-hybridized carbons (Fsp3) is 0.300. The third-order valence-corrected chi connectivity index (χ3v) is 3.05. The first-order valence-electron chi connectivity index (χ1n) is 4.87. The van der Waals surface area contributed by atoms with Gasteiger partial charge < -0.3 is 9.15 Å².